The number of hydrogen-bond donors (Lipinski definition) is 3. The predicted molar refractivity (Wildman–Crippen MR) is 99.1 cm³/mol. The van der Waals surface area contributed by atoms with Crippen LogP contribution in [0.15, 0.2) is 41.4 Å². The van der Waals surface area contributed by atoms with Gasteiger partial charge in [-0.3, -0.25) is 19.7 Å². The van der Waals surface area contributed by atoms with Gasteiger partial charge in [0.05, 0.1) is 11.1 Å². The highest BCUT2D eigenvalue weighted by atomic mass is 16.3. The maximum atomic E-state index is 12.6. The number of nitrogens with one attached hydrogen (secondary N) is 1. The van der Waals surface area contributed by atoms with Gasteiger partial charge >= 0.3 is 0 Å². The fraction of sp³-hybridized carbons (Fsp3) is 0.263. The molecule has 0 unspecified atom stereocenters. The van der Waals surface area contributed by atoms with E-state index in [0.29, 0.717) is 29.6 Å². The van der Waals surface area contributed by atoms with Gasteiger partial charge in [-0.15, -0.1) is 0 Å². The molecule has 0 atom stereocenters. The van der Waals surface area contributed by atoms with Crippen molar-refractivity contribution < 1.29 is 19.5 Å². The number of aryl methyl sites for hydroxylation is 1. The van der Waals surface area contributed by atoms with Crippen molar-refractivity contribution in [3.63, 3.8) is 0 Å². The van der Waals surface area contributed by atoms with Crippen LogP contribution in [-0.4, -0.2) is 38.9 Å². The fourth-order valence-corrected chi connectivity index (χ4v) is 3.33. The Labute approximate surface area is 155 Å². The monoisotopic (exact) mass is 368 g/mol. The lowest BCUT2D eigenvalue weighted by Crippen LogP contribution is -2.24. The topological polar surface area (TPSA) is 127 Å². The molecule has 27 heavy (non-hydrogen) atoms. The Bertz CT molecular complexity index is 1030. The molecule has 0 bridgehead atoms. The second-order valence-electron chi connectivity index (χ2n) is 6.34. The summed E-state index contributed by atoms with van der Waals surface area (Å²) in [4.78, 5) is 41.5. The summed E-state index contributed by atoms with van der Waals surface area (Å²) in [5.74, 6) is -1.63. The first-order valence-corrected chi connectivity index (χ1v) is 8.49. The number of amides is 2. The second-order valence-corrected chi connectivity index (χ2v) is 6.34. The number of allylic oxidation sites excluding steroid dienone is 1. The van der Waals surface area contributed by atoms with E-state index in [9.17, 15) is 14.4 Å². The van der Waals surface area contributed by atoms with E-state index in [4.69, 9.17) is 10.8 Å². The first-order chi connectivity index (χ1) is 12.9. The van der Waals surface area contributed by atoms with Crippen LogP contribution in [0.25, 0.3) is 16.6 Å². The standard InChI is InChI=1S/C19H20N4O4/c1-10(20)14(11(2)25)16-15(18(26)22-19(16)27)13-9-23(7-4-8-24)17-12(13)5-3-6-21-17/h3,5-6,9,24H,4,7-8,20H2,1-2H3,(H,22,26,27). The Hall–Kier alpha value is -3.26. The normalized spacial score (nSPS) is 15.4. The van der Waals surface area contributed by atoms with Crippen LogP contribution in [-0.2, 0) is 20.9 Å². The van der Waals surface area contributed by atoms with Crippen LogP contribution in [0.2, 0.25) is 0 Å². The number of aliphatic hydroxyl groups excluding tert-OH is 1. The Morgan fingerprint density at radius 3 is 2.67 bits per heavy atom. The van der Waals surface area contributed by atoms with Crippen molar-refractivity contribution in [3.05, 3.63) is 46.9 Å². The average molecular weight is 368 g/mol. The minimum Gasteiger partial charge on any atom is -0.402 e. The molecule has 0 aliphatic carbocycles. The highest BCUT2D eigenvalue weighted by Crippen LogP contribution is 2.34. The molecule has 0 aromatic carbocycles. The molecule has 1 aliphatic heterocycles. The molecule has 140 valence electrons. The van der Waals surface area contributed by atoms with Crippen LogP contribution in [0, 0.1) is 0 Å². The zero-order valence-electron chi connectivity index (χ0n) is 15.1. The van der Waals surface area contributed by atoms with Crippen LogP contribution < -0.4 is 11.1 Å². The summed E-state index contributed by atoms with van der Waals surface area (Å²) >= 11 is 0. The molecule has 8 heteroatoms. The molecule has 2 amide bonds. The molecule has 3 heterocycles. The van der Waals surface area contributed by atoms with E-state index in [1.807, 2.05) is 4.57 Å². The highest BCUT2D eigenvalue weighted by molar-refractivity contribution is 6.40. The van der Waals surface area contributed by atoms with Gasteiger partial charge in [-0.1, -0.05) is 0 Å². The molecule has 4 N–H and O–H groups in total. The van der Waals surface area contributed by atoms with E-state index in [-0.39, 0.29) is 29.0 Å². The summed E-state index contributed by atoms with van der Waals surface area (Å²) in [6, 6.07) is 3.52. The molecule has 0 saturated carbocycles. The van der Waals surface area contributed by atoms with E-state index in [0.717, 1.165) is 0 Å². The summed E-state index contributed by atoms with van der Waals surface area (Å²) in [6.07, 6.45) is 3.85. The smallest absolute Gasteiger partial charge is 0.259 e. The molecule has 2 aromatic rings. The molecule has 0 spiro atoms. The van der Waals surface area contributed by atoms with Crippen LogP contribution in [0.1, 0.15) is 25.8 Å². The van der Waals surface area contributed by atoms with Crippen molar-refractivity contribution in [1.82, 2.24) is 14.9 Å². The number of aromatic nitrogens is 2. The number of fused-ring (bicyclic) bond motifs is 1. The van der Waals surface area contributed by atoms with E-state index in [1.54, 1.807) is 24.5 Å². The maximum absolute atomic E-state index is 12.6. The minimum absolute atomic E-state index is 0.0123. The molecule has 0 saturated heterocycles. The number of ketones is 1. The van der Waals surface area contributed by atoms with Gasteiger partial charge in [-0.25, -0.2) is 4.98 Å². The van der Waals surface area contributed by atoms with Crippen molar-refractivity contribution in [2.45, 2.75) is 26.8 Å². The van der Waals surface area contributed by atoms with Crippen molar-refractivity contribution >= 4 is 34.2 Å². The number of nitrogens with two attached hydrogens (primary N) is 1. The van der Waals surface area contributed by atoms with Gasteiger partial charge in [0.25, 0.3) is 11.8 Å². The van der Waals surface area contributed by atoms with Crippen LogP contribution in [0.4, 0.5) is 0 Å². The summed E-state index contributed by atoms with van der Waals surface area (Å²) in [5.41, 5.74) is 7.25. The lowest BCUT2D eigenvalue weighted by molar-refractivity contribution is -0.124. The average Bonchev–Trinajstić information content (AvgIpc) is 3.10. The number of carbonyl (C=O) groups is 3. The molecule has 0 radical (unpaired) electrons. The molecule has 1 aliphatic rings. The number of Topliss-reactive ketones (excluding diaryl/α,β-unsaturated/α-hetero) is 1. The van der Waals surface area contributed by atoms with Gasteiger partial charge in [0.15, 0.2) is 5.78 Å². The lowest BCUT2D eigenvalue weighted by atomic mass is 9.93. The number of imide groups is 1. The van der Waals surface area contributed by atoms with Gasteiger partial charge in [-0.2, -0.15) is 0 Å². The molecule has 0 fully saturated rings. The van der Waals surface area contributed by atoms with Gasteiger partial charge < -0.3 is 15.4 Å². The SMILES string of the molecule is CC(=O)C(=C(C)N)C1=C(c2cn(CCCO)c3ncccc23)C(=O)NC1=O. The minimum atomic E-state index is -0.648. The van der Waals surface area contributed by atoms with E-state index in [1.165, 1.54) is 13.8 Å². The third-order valence-electron chi connectivity index (χ3n) is 4.39. The molecule has 2 aromatic heterocycles. The van der Waals surface area contributed by atoms with Gasteiger partial charge in [0.1, 0.15) is 5.65 Å². The zero-order valence-corrected chi connectivity index (χ0v) is 15.1. The van der Waals surface area contributed by atoms with E-state index in [2.05, 4.69) is 10.3 Å². The Kier molecular flexibility index (Phi) is 4.91. The predicted octanol–water partition coefficient (Wildman–Crippen LogP) is 0.650. The maximum Gasteiger partial charge on any atom is 0.259 e. The third kappa shape index (κ3) is 3.15. The molecule has 8 nitrogen and oxygen atoms in total. The van der Waals surface area contributed by atoms with Gasteiger partial charge in [0.2, 0.25) is 0 Å². The summed E-state index contributed by atoms with van der Waals surface area (Å²) < 4.78 is 1.81. The van der Waals surface area contributed by atoms with Crippen LogP contribution in [0.5, 0.6) is 0 Å². The largest absolute Gasteiger partial charge is 0.402 e. The van der Waals surface area contributed by atoms with E-state index >= 15 is 0 Å². The quantitative estimate of drug-likeness (QED) is 0.507. The summed E-state index contributed by atoms with van der Waals surface area (Å²) in [6.45, 7) is 3.33. The summed E-state index contributed by atoms with van der Waals surface area (Å²) in [7, 11) is 0. The third-order valence-corrected chi connectivity index (χ3v) is 4.39. The van der Waals surface area contributed by atoms with Crippen LogP contribution in [0.3, 0.4) is 0 Å². The number of hydrogen-bond acceptors (Lipinski definition) is 6. The first kappa shape index (κ1) is 18.5. The first-order valence-electron chi connectivity index (χ1n) is 8.49. The van der Waals surface area contributed by atoms with Crippen molar-refractivity contribution in [2.75, 3.05) is 6.61 Å². The van der Waals surface area contributed by atoms with Crippen molar-refractivity contribution in [3.8, 4) is 0 Å². The second kappa shape index (κ2) is 7.16. The molecule has 3 rings (SSSR count). The summed E-state index contributed by atoms with van der Waals surface area (Å²) in [5, 5.41) is 12.1. The Morgan fingerprint density at radius 2 is 2.04 bits per heavy atom. The van der Waals surface area contributed by atoms with Gasteiger partial charge in [0, 0.05) is 47.8 Å². The fourth-order valence-electron chi connectivity index (χ4n) is 3.33. The molecular weight excluding hydrogens is 348 g/mol. The van der Waals surface area contributed by atoms with Crippen molar-refractivity contribution in [1.29, 1.82) is 0 Å². The number of nitrogens with zero attached hydrogens (tertiary/aromatic N) is 2. The molecular formula is C19H20N4O4. The van der Waals surface area contributed by atoms with E-state index < -0.39 is 17.6 Å². The Balaban J connectivity index is 2.33. The van der Waals surface area contributed by atoms with Crippen molar-refractivity contribution in [2.24, 2.45) is 5.73 Å². The van der Waals surface area contributed by atoms with Gasteiger partial charge in [-0.05, 0) is 32.4 Å². The van der Waals surface area contributed by atoms with Crippen LogP contribution >= 0.6 is 0 Å². The highest BCUT2D eigenvalue weighted by Gasteiger charge is 2.36. The zero-order chi connectivity index (χ0) is 19.7. The number of rotatable bonds is 6. The lowest BCUT2D eigenvalue weighted by Gasteiger charge is -2.07. The Morgan fingerprint density at radius 1 is 1.30 bits per heavy atom. The number of aliphatic hydroxyl groups is 1. The number of carbonyl (C=O) groups excluding carboxylic acids is 3. The number of pyridine rings is 1.